The minimum atomic E-state index is -3.79. The van der Waals surface area contributed by atoms with E-state index in [9.17, 15) is 17.6 Å². The Morgan fingerprint density at radius 3 is 2.21 bits per heavy atom. The summed E-state index contributed by atoms with van der Waals surface area (Å²) in [5, 5.41) is 0. The van der Waals surface area contributed by atoms with E-state index in [4.69, 9.17) is 0 Å². The van der Waals surface area contributed by atoms with Gasteiger partial charge in [0, 0.05) is 22.3 Å². The summed E-state index contributed by atoms with van der Waals surface area (Å²) >= 11 is 1.60. The Morgan fingerprint density at radius 2 is 1.64 bits per heavy atom. The van der Waals surface area contributed by atoms with Crippen molar-refractivity contribution in [1.82, 2.24) is 9.21 Å². The molecule has 1 aliphatic rings. The molecule has 0 saturated heterocycles. The van der Waals surface area contributed by atoms with Crippen LogP contribution in [0.3, 0.4) is 0 Å². The van der Waals surface area contributed by atoms with E-state index in [0.29, 0.717) is 6.54 Å². The van der Waals surface area contributed by atoms with Gasteiger partial charge in [-0.05, 0) is 68.7 Å². The van der Waals surface area contributed by atoms with Crippen molar-refractivity contribution in [2.75, 3.05) is 6.54 Å². The second-order valence-corrected chi connectivity index (χ2v) is 11.7. The number of amides is 1. The first-order valence-corrected chi connectivity index (χ1v) is 13.1. The maximum Gasteiger partial charge on any atom is 0.243 e. The van der Waals surface area contributed by atoms with E-state index >= 15 is 0 Å². The van der Waals surface area contributed by atoms with Crippen LogP contribution in [0.2, 0.25) is 0 Å². The van der Waals surface area contributed by atoms with Crippen molar-refractivity contribution in [3.63, 3.8) is 0 Å². The molecule has 0 radical (unpaired) electrons. The third-order valence-electron chi connectivity index (χ3n) is 5.65. The zero-order valence-corrected chi connectivity index (χ0v) is 20.3. The van der Waals surface area contributed by atoms with Crippen LogP contribution in [0.1, 0.15) is 33.7 Å². The number of thiophene rings is 1. The van der Waals surface area contributed by atoms with Gasteiger partial charge >= 0.3 is 0 Å². The lowest BCUT2D eigenvalue weighted by molar-refractivity contribution is -0.132. The molecule has 1 amide bonds. The second kappa shape index (κ2) is 9.75. The normalized spacial score (nSPS) is 13.9. The summed E-state index contributed by atoms with van der Waals surface area (Å²) < 4.78 is 41.4. The summed E-state index contributed by atoms with van der Waals surface area (Å²) in [4.78, 5) is 17.5. The zero-order chi connectivity index (χ0) is 23.6. The molecular weight excluding hydrogens is 459 g/mol. The summed E-state index contributed by atoms with van der Waals surface area (Å²) in [5.41, 5.74) is 1.76. The molecule has 0 atom stereocenters. The topological polar surface area (TPSA) is 57.7 Å². The maximum atomic E-state index is 13.5. The van der Waals surface area contributed by atoms with E-state index in [1.165, 1.54) is 16.4 Å². The van der Waals surface area contributed by atoms with Crippen molar-refractivity contribution >= 4 is 27.3 Å². The van der Waals surface area contributed by atoms with Gasteiger partial charge in [-0.25, -0.2) is 12.8 Å². The van der Waals surface area contributed by atoms with Crippen LogP contribution in [-0.4, -0.2) is 36.1 Å². The third-order valence-corrected chi connectivity index (χ3v) is 8.55. The van der Waals surface area contributed by atoms with E-state index in [1.807, 2.05) is 26.0 Å². The smallest absolute Gasteiger partial charge is 0.243 e. The minimum absolute atomic E-state index is 0.156. The highest BCUT2D eigenvalue weighted by Gasteiger charge is 2.40. The predicted molar refractivity (Wildman–Crippen MR) is 128 cm³/mol. The van der Waals surface area contributed by atoms with Crippen molar-refractivity contribution in [3.05, 3.63) is 87.4 Å². The Balaban J connectivity index is 1.58. The van der Waals surface area contributed by atoms with Crippen molar-refractivity contribution < 1.29 is 17.6 Å². The molecule has 0 spiro atoms. The van der Waals surface area contributed by atoms with Gasteiger partial charge in [0.25, 0.3) is 0 Å². The highest BCUT2D eigenvalue weighted by atomic mass is 32.2. The number of carbonyl (C=O) groups excluding carboxylic acids is 1. The number of halogens is 1. The van der Waals surface area contributed by atoms with Crippen LogP contribution in [0.25, 0.3) is 0 Å². The Kier molecular flexibility index (Phi) is 6.97. The SMILES string of the molecule is Cc1ccc(S(=O)(=O)N(CC(=O)N(Cc2ccc(F)cc2)Cc2ccc(C)s2)C2CC2)cc1. The first-order valence-electron chi connectivity index (χ1n) is 10.9. The molecule has 1 fully saturated rings. The molecule has 1 aromatic heterocycles. The van der Waals surface area contributed by atoms with Gasteiger partial charge in [-0.15, -0.1) is 11.3 Å². The van der Waals surface area contributed by atoms with Crippen molar-refractivity contribution in [2.45, 2.75) is 50.7 Å². The average Bonchev–Trinajstić information content (AvgIpc) is 3.54. The largest absolute Gasteiger partial charge is 0.332 e. The predicted octanol–water partition coefficient (Wildman–Crippen LogP) is 4.89. The Morgan fingerprint density at radius 1 is 0.970 bits per heavy atom. The molecule has 0 N–H and O–H groups in total. The molecule has 0 unspecified atom stereocenters. The van der Waals surface area contributed by atoms with E-state index in [0.717, 1.165) is 33.7 Å². The number of aryl methyl sites for hydroxylation is 2. The minimum Gasteiger partial charge on any atom is -0.332 e. The van der Waals surface area contributed by atoms with E-state index < -0.39 is 10.0 Å². The zero-order valence-electron chi connectivity index (χ0n) is 18.7. The van der Waals surface area contributed by atoms with Crippen molar-refractivity contribution in [3.8, 4) is 0 Å². The van der Waals surface area contributed by atoms with Gasteiger partial charge in [-0.3, -0.25) is 4.79 Å². The molecule has 1 saturated carbocycles. The van der Waals surface area contributed by atoms with Gasteiger partial charge in [0.2, 0.25) is 15.9 Å². The number of rotatable bonds is 9. The van der Waals surface area contributed by atoms with E-state index in [-0.39, 0.29) is 35.8 Å². The monoisotopic (exact) mass is 486 g/mol. The Bertz CT molecular complexity index is 1220. The first-order chi connectivity index (χ1) is 15.7. The van der Waals surface area contributed by atoms with E-state index in [2.05, 4.69) is 0 Å². The maximum absolute atomic E-state index is 13.5. The first kappa shape index (κ1) is 23.6. The molecule has 0 aliphatic heterocycles. The Labute approximate surface area is 198 Å². The lowest BCUT2D eigenvalue weighted by atomic mass is 10.2. The fourth-order valence-corrected chi connectivity index (χ4v) is 6.19. The second-order valence-electron chi connectivity index (χ2n) is 8.48. The molecule has 2 aromatic carbocycles. The van der Waals surface area contributed by atoms with Gasteiger partial charge in [0.05, 0.1) is 18.0 Å². The molecule has 1 aliphatic carbocycles. The van der Waals surface area contributed by atoms with Gasteiger partial charge in [-0.1, -0.05) is 29.8 Å². The van der Waals surface area contributed by atoms with Gasteiger partial charge < -0.3 is 4.90 Å². The van der Waals surface area contributed by atoms with Crippen molar-refractivity contribution in [1.29, 1.82) is 0 Å². The molecule has 174 valence electrons. The van der Waals surface area contributed by atoms with Crippen LogP contribution in [0, 0.1) is 19.7 Å². The van der Waals surface area contributed by atoms with Crippen LogP contribution < -0.4 is 0 Å². The highest BCUT2D eigenvalue weighted by Crippen LogP contribution is 2.32. The highest BCUT2D eigenvalue weighted by molar-refractivity contribution is 7.89. The van der Waals surface area contributed by atoms with Gasteiger partial charge in [0.15, 0.2) is 0 Å². The van der Waals surface area contributed by atoms with Gasteiger partial charge in [0.1, 0.15) is 5.82 Å². The molecule has 3 aromatic rings. The summed E-state index contributed by atoms with van der Waals surface area (Å²) in [6, 6.07) is 16.6. The van der Waals surface area contributed by atoms with Crippen LogP contribution in [0.5, 0.6) is 0 Å². The van der Waals surface area contributed by atoms with E-state index in [1.54, 1.807) is 52.6 Å². The number of hydrogen-bond acceptors (Lipinski definition) is 4. The third kappa shape index (κ3) is 5.88. The molecule has 1 heterocycles. The lowest BCUT2D eigenvalue weighted by Gasteiger charge is -2.27. The fourth-order valence-electron chi connectivity index (χ4n) is 3.65. The van der Waals surface area contributed by atoms with Crippen LogP contribution in [0.4, 0.5) is 4.39 Å². The number of hydrogen-bond donors (Lipinski definition) is 0. The molecule has 8 heteroatoms. The quantitative estimate of drug-likeness (QED) is 0.433. The number of benzene rings is 2. The lowest BCUT2D eigenvalue weighted by Crippen LogP contribution is -2.43. The van der Waals surface area contributed by atoms with Crippen LogP contribution in [0.15, 0.2) is 65.6 Å². The summed E-state index contributed by atoms with van der Waals surface area (Å²) in [6.45, 7) is 4.34. The molecule has 33 heavy (non-hydrogen) atoms. The summed E-state index contributed by atoms with van der Waals surface area (Å²) in [5.74, 6) is -0.609. The average molecular weight is 487 g/mol. The van der Waals surface area contributed by atoms with Crippen molar-refractivity contribution in [2.24, 2.45) is 0 Å². The number of carbonyl (C=O) groups is 1. The molecule has 0 bridgehead atoms. The molecule has 4 rings (SSSR count). The molecular formula is C25H27FN2O3S2. The number of sulfonamides is 1. The molecule has 5 nitrogen and oxygen atoms in total. The summed E-state index contributed by atoms with van der Waals surface area (Å²) in [6.07, 6.45) is 1.50. The van der Waals surface area contributed by atoms with Gasteiger partial charge in [-0.2, -0.15) is 4.31 Å². The standard InChI is InChI=1S/C25H27FN2O3S2/c1-18-3-13-24(14-4-18)33(30,31)28(22-10-11-22)17-25(29)27(16-23-12-5-19(2)32-23)15-20-6-8-21(26)9-7-20/h3-9,12-14,22H,10-11,15-17H2,1-2H3. The fraction of sp³-hybridized carbons (Fsp3) is 0.320. The number of nitrogens with zero attached hydrogens (tertiary/aromatic N) is 2. The van der Waals surface area contributed by atoms with Crippen LogP contribution >= 0.6 is 11.3 Å². The Hall–Kier alpha value is -2.55. The van der Waals surface area contributed by atoms with Crippen LogP contribution in [-0.2, 0) is 27.9 Å². The summed E-state index contributed by atoms with van der Waals surface area (Å²) in [7, 11) is -3.79.